The third-order valence-electron chi connectivity index (χ3n) is 4.20. The number of aliphatic carboxylic acids is 1. The molecule has 0 amide bonds. The number of carboxylic acid groups (broad SMARTS) is 1. The fourth-order valence-corrected chi connectivity index (χ4v) is 2.85. The Morgan fingerprint density at radius 3 is 2.45 bits per heavy atom. The van der Waals surface area contributed by atoms with E-state index in [1.807, 2.05) is 6.92 Å². The van der Waals surface area contributed by atoms with Crippen LogP contribution in [0.2, 0.25) is 0 Å². The zero-order valence-electron chi connectivity index (χ0n) is 11.8. The van der Waals surface area contributed by atoms with Crippen molar-refractivity contribution in [1.29, 1.82) is 0 Å². The number of aromatic hydroxyl groups is 2. The minimum Gasteiger partial charge on any atom is -0.508 e. The van der Waals surface area contributed by atoms with E-state index in [-0.39, 0.29) is 17.5 Å². The minimum absolute atomic E-state index is 0.0184. The number of benzene rings is 1. The second kappa shape index (κ2) is 5.32. The van der Waals surface area contributed by atoms with Gasteiger partial charge in [0.1, 0.15) is 11.5 Å². The Morgan fingerprint density at radius 1 is 1.30 bits per heavy atom. The summed E-state index contributed by atoms with van der Waals surface area (Å²) in [6.45, 7) is 5.02. The van der Waals surface area contributed by atoms with Crippen molar-refractivity contribution in [2.45, 2.75) is 32.7 Å². The summed E-state index contributed by atoms with van der Waals surface area (Å²) in [7, 11) is 0. The predicted octanol–water partition coefficient (Wildman–Crippen LogP) is 2.35. The van der Waals surface area contributed by atoms with Crippen LogP contribution in [-0.2, 0) is 4.79 Å². The minimum atomic E-state index is -0.770. The quantitative estimate of drug-likeness (QED) is 0.791. The number of piperidine rings is 1. The number of phenolic OH excluding ortho intramolecular Hbond substituents is 2. The average molecular weight is 279 g/mol. The molecule has 20 heavy (non-hydrogen) atoms. The van der Waals surface area contributed by atoms with Gasteiger partial charge in [-0.05, 0) is 50.9 Å². The maximum atomic E-state index is 11.4. The van der Waals surface area contributed by atoms with Gasteiger partial charge in [0, 0.05) is 18.7 Å². The number of hydrogen-bond acceptors (Lipinski definition) is 4. The van der Waals surface area contributed by atoms with Crippen LogP contribution in [0.1, 0.15) is 38.3 Å². The van der Waals surface area contributed by atoms with Crippen LogP contribution in [0.15, 0.2) is 18.2 Å². The van der Waals surface area contributed by atoms with Gasteiger partial charge in [0.05, 0.1) is 5.41 Å². The first-order chi connectivity index (χ1) is 9.32. The maximum Gasteiger partial charge on any atom is 0.310 e. The molecule has 1 aromatic rings. The van der Waals surface area contributed by atoms with E-state index in [1.165, 1.54) is 6.07 Å². The third kappa shape index (κ3) is 2.88. The zero-order chi connectivity index (χ0) is 14.9. The van der Waals surface area contributed by atoms with Crippen molar-refractivity contribution < 1.29 is 20.1 Å². The van der Waals surface area contributed by atoms with Gasteiger partial charge in [-0.15, -0.1) is 0 Å². The van der Waals surface area contributed by atoms with Gasteiger partial charge in [0.15, 0.2) is 0 Å². The molecule has 0 aliphatic carbocycles. The van der Waals surface area contributed by atoms with E-state index in [9.17, 15) is 20.1 Å². The van der Waals surface area contributed by atoms with Crippen LogP contribution in [0.5, 0.6) is 11.5 Å². The molecule has 1 aliphatic rings. The summed E-state index contributed by atoms with van der Waals surface area (Å²) in [4.78, 5) is 13.5. The lowest BCUT2D eigenvalue weighted by molar-refractivity contribution is -0.151. The molecule has 2 atom stereocenters. The highest BCUT2D eigenvalue weighted by molar-refractivity contribution is 5.74. The molecule has 5 heteroatoms. The molecule has 2 rings (SSSR count). The van der Waals surface area contributed by atoms with Gasteiger partial charge in [0.2, 0.25) is 0 Å². The Kier molecular flexibility index (Phi) is 3.90. The highest BCUT2D eigenvalue weighted by Gasteiger charge is 2.39. The topological polar surface area (TPSA) is 81.0 Å². The maximum absolute atomic E-state index is 11.4. The van der Waals surface area contributed by atoms with E-state index in [0.29, 0.717) is 13.0 Å². The Balaban J connectivity index is 2.20. The normalized spacial score (nSPS) is 25.3. The lowest BCUT2D eigenvalue weighted by atomic mass is 9.81. The van der Waals surface area contributed by atoms with Crippen molar-refractivity contribution in [3.63, 3.8) is 0 Å². The van der Waals surface area contributed by atoms with E-state index >= 15 is 0 Å². The molecule has 1 aromatic carbocycles. The van der Waals surface area contributed by atoms with Crippen molar-refractivity contribution in [3.05, 3.63) is 23.8 Å². The number of carboxylic acids is 1. The molecule has 0 bridgehead atoms. The van der Waals surface area contributed by atoms with Crippen LogP contribution in [0.4, 0.5) is 0 Å². The van der Waals surface area contributed by atoms with Crippen LogP contribution >= 0.6 is 0 Å². The number of rotatable bonds is 3. The summed E-state index contributed by atoms with van der Waals surface area (Å²) in [5.74, 6) is -0.733. The molecule has 5 nitrogen and oxygen atoms in total. The number of nitrogens with zero attached hydrogens (tertiary/aromatic N) is 1. The SMILES string of the molecule is CC(c1cc(O)cc(O)c1)N1CCCC(C)(C(=O)O)C1. The van der Waals surface area contributed by atoms with Crippen molar-refractivity contribution in [2.24, 2.45) is 5.41 Å². The van der Waals surface area contributed by atoms with E-state index in [2.05, 4.69) is 4.90 Å². The molecule has 110 valence electrons. The fourth-order valence-electron chi connectivity index (χ4n) is 2.85. The van der Waals surface area contributed by atoms with E-state index in [1.54, 1.807) is 19.1 Å². The summed E-state index contributed by atoms with van der Waals surface area (Å²) >= 11 is 0. The van der Waals surface area contributed by atoms with Gasteiger partial charge in [-0.25, -0.2) is 0 Å². The van der Waals surface area contributed by atoms with E-state index < -0.39 is 11.4 Å². The summed E-state index contributed by atoms with van der Waals surface area (Å²) in [6.07, 6.45) is 1.51. The lowest BCUT2D eigenvalue weighted by Gasteiger charge is -2.40. The van der Waals surface area contributed by atoms with Crippen molar-refractivity contribution in [3.8, 4) is 11.5 Å². The van der Waals surface area contributed by atoms with E-state index in [4.69, 9.17) is 0 Å². The first-order valence-corrected chi connectivity index (χ1v) is 6.82. The predicted molar refractivity (Wildman–Crippen MR) is 74.7 cm³/mol. The molecule has 1 fully saturated rings. The largest absolute Gasteiger partial charge is 0.508 e. The van der Waals surface area contributed by atoms with Crippen LogP contribution in [0.3, 0.4) is 0 Å². The third-order valence-corrected chi connectivity index (χ3v) is 4.20. The molecule has 1 heterocycles. The van der Waals surface area contributed by atoms with Gasteiger partial charge >= 0.3 is 5.97 Å². The molecule has 0 radical (unpaired) electrons. The zero-order valence-corrected chi connectivity index (χ0v) is 11.8. The Bertz CT molecular complexity index is 496. The number of hydrogen-bond donors (Lipinski definition) is 3. The molecule has 2 unspecified atom stereocenters. The number of carbonyl (C=O) groups is 1. The number of likely N-dealkylation sites (tertiary alicyclic amines) is 1. The summed E-state index contributed by atoms with van der Waals surface area (Å²) in [5.41, 5.74) is 0.0582. The molecular formula is C15H21NO4. The van der Waals surface area contributed by atoms with Crippen LogP contribution in [-0.4, -0.2) is 39.3 Å². The summed E-state index contributed by atoms with van der Waals surface area (Å²) in [5, 5.41) is 28.5. The first kappa shape index (κ1) is 14.7. The van der Waals surface area contributed by atoms with Crippen molar-refractivity contribution in [2.75, 3.05) is 13.1 Å². The molecule has 0 saturated carbocycles. The second-order valence-electron chi connectivity index (χ2n) is 5.90. The molecule has 3 N–H and O–H groups in total. The Labute approximate surface area is 118 Å². The first-order valence-electron chi connectivity index (χ1n) is 6.82. The van der Waals surface area contributed by atoms with Crippen LogP contribution in [0.25, 0.3) is 0 Å². The Hall–Kier alpha value is -1.75. The summed E-state index contributed by atoms with van der Waals surface area (Å²) < 4.78 is 0. The van der Waals surface area contributed by atoms with Crippen molar-refractivity contribution >= 4 is 5.97 Å². The monoisotopic (exact) mass is 279 g/mol. The van der Waals surface area contributed by atoms with E-state index in [0.717, 1.165) is 18.5 Å². The van der Waals surface area contributed by atoms with Gasteiger partial charge in [-0.3, -0.25) is 9.69 Å². The molecule has 0 aromatic heterocycles. The van der Waals surface area contributed by atoms with Crippen LogP contribution < -0.4 is 0 Å². The highest BCUT2D eigenvalue weighted by Crippen LogP contribution is 2.35. The Morgan fingerprint density at radius 2 is 1.90 bits per heavy atom. The molecule has 0 spiro atoms. The highest BCUT2D eigenvalue weighted by atomic mass is 16.4. The molecular weight excluding hydrogens is 258 g/mol. The lowest BCUT2D eigenvalue weighted by Crippen LogP contribution is -2.46. The molecule has 1 saturated heterocycles. The van der Waals surface area contributed by atoms with Crippen molar-refractivity contribution in [1.82, 2.24) is 4.90 Å². The fraction of sp³-hybridized carbons (Fsp3) is 0.533. The number of phenols is 2. The van der Waals surface area contributed by atoms with Gasteiger partial charge in [0.25, 0.3) is 0 Å². The smallest absolute Gasteiger partial charge is 0.310 e. The standard InChI is InChI=1S/C15H21NO4/c1-10(11-6-12(17)8-13(18)7-11)16-5-3-4-15(2,9-16)14(19)20/h6-8,10,17-18H,3-5,9H2,1-2H3,(H,19,20). The second-order valence-corrected chi connectivity index (χ2v) is 5.90. The van der Waals surface area contributed by atoms with Gasteiger partial charge in [-0.2, -0.15) is 0 Å². The van der Waals surface area contributed by atoms with Crippen LogP contribution in [0, 0.1) is 5.41 Å². The van der Waals surface area contributed by atoms with Gasteiger partial charge in [-0.1, -0.05) is 0 Å². The van der Waals surface area contributed by atoms with Gasteiger partial charge < -0.3 is 15.3 Å². The average Bonchev–Trinajstić information content (AvgIpc) is 2.36. The summed E-state index contributed by atoms with van der Waals surface area (Å²) in [6, 6.07) is 4.45. The molecule has 1 aliphatic heterocycles.